The smallest absolute Gasteiger partial charge is 0.179 e. The molecular formula is C12H18BrNO. The molecule has 15 heavy (non-hydrogen) atoms. The maximum atomic E-state index is 5.33. The number of ether oxygens (including phenoxy) is 1. The minimum Gasteiger partial charge on any atom is -1.00 e. The van der Waals surface area contributed by atoms with Gasteiger partial charge in [0.05, 0.1) is 21.2 Å². The molecule has 1 rings (SSSR count). The number of quaternary nitrogens is 1. The van der Waals surface area contributed by atoms with Crippen molar-refractivity contribution in [2.75, 3.05) is 27.7 Å². The number of nitrogens with zero attached hydrogens (tertiary/aromatic N) is 1. The highest BCUT2D eigenvalue weighted by Crippen LogP contribution is 2.30. The molecule has 84 valence electrons. The van der Waals surface area contributed by atoms with Crippen LogP contribution in [0.25, 0.3) is 0 Å². The number of likely N-dealkylation sites (N-methyl/N-ethyl adjacent to an activating group) is 1. The molecule has 0 unspecified atom stereocenters. The highest BCUT2D eigenvalue weighted by molar-refractivity contribution is 5.55. The molecule has 0 N–H and O–H groups in total. The number of benzene rings is 1. The van der Waals surface area contributed by atoms with Gasteiger partial charge in [-0.3, -0.25) is 4.48 Å². The average Bonchev–Trinajstić information content (AvgIpc) is 2.18. The number of para-hydroxylation sites is 2. The van der Waals surface area contributed by atoms with Crippen molar-refractivity contribution in [3.63, 3.8) is 0 Å². The van der Waals surface area contributed by atoms with Gasteiger partial charge < -0.3 is 21.7 Å². The number of hydrogen-bond acceptors (Lipinski definition) is 1. The molecule has 0 radical (unpaired) electrons. The lowest BCUT2D eigenvalue weighted by Gasteiger charge is -2.29. The van der Waals surface area contributed by atoms with Crippen molar-refractivity contribution >= 4 is 5.69 Å². The molecule has 0 spiro atoms. The molecule has 2 nitrogen and oxygen atoms in total. The molecule has 0 bridgehead atoms. The Labute approximate surface area is 103 Å². The first-order valence-electron chi connectivity index (χ1n) is 4.69. The van der Waals surface area contributed by atoms with Crippen LogP contribution in [0.5, 0.6) is 5.75 Å². The summed E-state index contributed by atoms with van der Waals surface area (Å²) in [6, 6.07) is 8.08. The Kier molecular flexibility index (Phi) is 5.61. The fourth-order valence-corrected chi connectivity index (χ4v) is 1.55. The van der Waals surface area contributed by atoms with E-state index >= 15 is 0 Å². The maximum Gasteiger partial charge on any atom is 0.179 e. The molecule has 0 aliphatic rings. The highest BCUT2D eigenvalue weighted by atomic mass is 79.9. The van der Waals surface area contributed by atoms with Gasteiger partial charge in [0.15, 0.2) is 11.4 Å². The van der Waals surface area contributed by atoms with Crippen LogP contribution in [0.2, 0.25) is 0 Å². The van der Waals surface area contributed by atoms with E-state index in [2.05, 4.69) is 26.7 Å². The van der Waals surface area contributed by atoms with Crippen molar-refractivity contribution < 1.29 is 21.7 Å². The van der Waals surface area contributed by atoms with E-state index in [1.165, 1.54) is 5.69 Å². The summed E-state index contributed by atoms with van der Waals surface area (Å²) in [5.41, 5.74) is 1.18. The zero-order chi connectivity index (χ0) is 10.6. The third-order valence-corrected chi connectivity index (χ3v) is 2.32. The van der Waals surface area contributed by atoms with E-state index in [1.807, 2.05) is 24.3 Å². The van der Waals surface area contributed by atoms with Crippen LogP contribution in [-0.4, -0.2) is 27.7 Å². The quantitative estimate of drug-likeness (QED) is 0.528. The second kappa shape index (κ2) is 5.93. The number of hydrogen-bond donors (Lipinski definition) is 0. The number of methoxy groups -OCH3 is 1. The lowest BCUT2D eigenvalue weighted by molar-refractivity contribution is -0.00000344. The molecule has 0 aliphatic heterocycles. The van der Waals surface area contributed by atoms with Gasteiger partial charge in [0, 0.05) is 6.07 Å². The summed E-state index contributed by atoms with van der Waals surface area (Å²) in [4.78, 5) is 0. The van der Waals surface area contributed by atoms with Crippen molar-refractivity contribution in [2.24, 2.45) is 0 Å². The van der Waals surface area contributed by atoms with Gasteiger partial charge in [-0.1, -0.05) is 18.7 Å². The van der Waals surface area contributed by atoms with Gasteiger partial charge in [0.1, 0.15) is 6.54 Å². The standard InChI is InChI=1S/C12H18NO.BrH/c1-5-10-13(2,3)11-8-6-7-9-12(11)14-4;/h5-9H,1,10H2,2-4H3;1H/q+1;/p-1. The molecule has 0 aromatic heterocycles. The van der Waals surface area contributed by atoms with Crippen LogP contribution < -0.4 is 26.2 Å². The Hall–Kier alpha value is -0.800. The summed E-state index contributed by atoms with van der Waals surface area (Å²) in [5.74, 6) is 0.930. The van der Waals surface area contributed by atoms with Crippen molar-refractivity contribution in [3.8, 4) is 5.75 Å². The van der Waals surface area contributed by atoms with Crippen molar-refractivity contribution in [3.05, 3.63) is 36.9 Å². The van der Waals surface area contributed by atoms with Crippen LogP contribution in [0.3, 0.4) is 0 Å². The third kappa shape index (κ3) is 3.36. The van der Waals surface area contributed by atoms with Crippen molar-refractivity contribution in [1.29, 1.82) is 0 Å². The van der Waals surface area contributed by atoms with Gasteiger partial charge in [0.25, 0.3) is 0 Å². The first kappa shape index (κ1) is 14.2. The van der Waals surface area contributed by atoms with Crippen molar-refractivity contribution in [2.45, 2.75) is 0 Å². The molecular weight excluding hydrogens is 254 g/mol. The fraction of sp³-hybridized carbons (Fsp3) is 0.333. The van der Waals surface area contributed by atoms with Crippen LogP contribution in [0.15, 0.2) is 36.9 Å². The highest BCUT2D eigenvalue weighted by Gasteiger charge is 2.21. The van der Waals surface area contributed by atoms with Gasteiger partial charge >= 0.3 is 0 Å². The Balaban J connectivity index is 0.00000196. The van der Waals surface area contributed by atoms with Crippen LogP contribution >= 0.6 is 0 Å². The molecule has 0 fully saturated rings. The van der Waals surface area contributed by atoms with E-state index in [4.69, 9.17) is 4.74 Å². The minimum absolute atomic E-state index is 0. The first-order chi connectivity index (χ1) is 6.61. The van der Waals surface area contributed by atoms with Gasteiger partial charge in [-0.05, 0) is 12.1 Å². The lowest BCUT2D eigenvalue weighted by Crippen LogP contribution is -3.00. The average molecular weight is 272 g/mol. The Morgan fingerprint density at radius 3 is 2.47 bits per heavy atom. The minimum atomic E-state index is 0. The summed E-state index contributed by atoms with van der Waals surface area (Å²) < 4.78 is 6.09. The zero-order valence-corrected chi connectivity index (χ0v) is 11.1. The first-order valence-corrected chi connectivity index (χ1v) is 4.69. The van der Waals surface area contributed by atoms with Crippen LogP contribution in [0.1, 0.15) is 0 Å². The molecule has 0 amide bonds. The van der Waals surface area contributed by atoms with Gasteiger partial charge in [-0.15, -0.1) is 0 Å². The Morgan fingerprint density at radius 1 is 1.33 bits per heavy atom. The van der Waals surface area contributed by atoms with Crippen molar-refractivity contribution in [1.82, 2.24) is 4.48 Å². The van der Waals surface area contributed by atoms with E-state index in [-0.39, 0.29) is 17.0 Å². The van der Waals surface area contributed by atoms with Crippen LogP contribution in [0, 0.1) is 0 Å². The van der Waals surface area contributed by atoms with Gasteiger partial charge in [0.2, 0.25) is 0 Å². The summed E-state index contributed by atoms with van der Waals surface area (Å²) >= 11 is 0. The van der Waals surface area contributed by atoms with Gasteiger partial charge in [-0.25, -0.2) is 0 Å². The third-order valence-electron chi connectivity index (χ3n) is 2.32. The van der Waals surface area contributed by atoms with Crippen LogP contribution in [0.4, 0.5) is 5.69 Å². The fourth-order valence-electron chi connectivity index (χ4n) is 1.55. The molecule has 1 aromatic carbocycles. The summed E-state index contributed by atoms with van der Waals surface area (Å²) in [7, 11) is 5.98. The summed E-state index contributed by atoms with van der Waals surface area (Å²) in [6.07, 6.45) is 1.92. The summed E-state index contributed by atoms with van der Waals surface area (Å²) in [5, 5.41) is 0. The van der Waals surface area contributed by atoms with Crippen LogP contribution in [-0.2, 0) is 0 Å². The normalized spacial score (nSPS) is 10.3. The van der Waals surface area contributed by atoms with E-state index in [1.54, 1.807) is 7.11 Å². The lowest BCUT2D eigenvalue weighted by atomic mass is 10.2. The zero-order valence-electron chi connectivity index (χ0n) is 9.53. The molecule has 0 aliphatic carbocycles. The molecule has 0 saturated carbocycles. The second-order valence-corrected chi connectivity index (χ2v) is 3.83. The van der Waals surface area contributed by atoms with Gasteiger partial charge in [-0.2, -0.15) is 0 Å². The van der Waals surface area contributed by atoms with E-state index < -0.39 is 0 Å². The monoisotopic (exact) mass is 271 g/mol. The summed E-state index contributed by atoms with van der Waals surface area (Å²) in [6.45, 7) is 4.66. The van der Waals surface area contributed by atoms with E-state index in [0.29, 0.717) is 0 Å². The molecule has 0 saturated heterocycles. The molecule has 3 heteroatoms. The topological polar surface area (TPSA) is 9.23 Å². The number of halogens is 1. The molecule has 0 heterocycles. The maximum absolute atomic E-state index is 5.33. The number of rotatable bonds is 4. The molecule has 0 atom stereocenters. The largest absolute Gasteiger partial charge is 1.00 e. The second-order valence-electron chi connectivity index (χ2n) is 3.83. The predicted octanol–water partition coefficient (Wildman–Crippen LogP) is -0.548. The SMILES string of the molecule is C=CC[N+](C)(C)c1ccccc1OC.[Br-]. The molecule has 1 aromatic rings. The van der Waals surface area contributed by atoms with E-state index in [0.717, 1.165) is 16.8 Å². The van der Waals surface area contributed by atoms with E-state index in [9.17, 15) is 0 Å². The predicted molar refractivity (Wildman–Crippen MR) is 61.7 cm³/mol. The Bertz CT molecular complexity index is 323. The Morgan fingerprint density at radius 2 is 1.93 bits per heavy atom.